The second-order valence-electron chi connectivity index (χ2n) is 6.94. The summed E-state index contributed by atoms with van der Waals surface area (Å²) < 4.78 is 11.3. The zero-order valence-corrected chi connectivity index (χ0v) is 17.6. The van der Waals surface area contributed by atoms with Crippen LogP contribution in [0.1, 0.15) is 33.3 Å². The standard InChI is InChI=1S/C18H29N3O2.HI/c1-13(2)11-20-17(19-5)21-12-18(3,4)14-6-7-15-16(10-14)23-9-8-22-15;/h6-7,10,13H,8-9,11-12H2,1-5H3,(H2,19,20,21);1H. The molecule has 1 aliphatic rings. The summed E-state index contributed by atoms with van der Waals surface area (Å²) in [4.78, 5) is 4.28. The molecule has 1 aromatic carbocycles. The molecule has 5 nitrogen and oxygen atoms in total. The van der Waals surface area contributed by atoms with E-state index < -0.39 is 0 Å². The van der Waals surface area contributed by atoms with E-state index in [9.17, 15) is 0 Å². The summed E-state index contributed by atoms with van der Waals surface area (Å²) in [6.45, 7) is 11.7. The molecule has 0 bridgehead atoms. The molecule has 2 N–H and O–H groups in total. The summed E-state index contributed by atoms with van der Waals surface area (Å²) in [6.07, 6.45) is 0. The van der Waals surface area contributed by atoms with Crippen molar-refractivity contribution in [1.29, 1.82) is 0 Å². The number of aliphatic imine (C=N–C) groups is 1. The zero-order chi connectivity index (χ0) is 16.9. The fraction of sp³-hybridized carbons (Fsp3) is 0.611. The number of benzene rings is 1. The van der Waals surface area contributed by atoms with Crippen molar-refractivity contribution in [3.63, 3.8) is 0 Å². The molecule has 2 rings (SSSR count). The van der Waals surface area contributed by atoms with E-state index in [1.165, 1.54) is 5.56 Å². The molecular weight excluding hydrogens is 417 g/mol. The third kappa shape index (κ3) is 5.72. The predicted octanol–water partition coefficient (Wildman–Crippen LogP) is 3.17. The lowest BCUT2D eigenvalue weighted by Crippen LogP contribution is -2.44. The number of ether oxygens (including phenoxy) is 2. The van der Waals surface area contributed by atoms with Gasteiger partial charge >= 0.3 is 0 Å². The highest BCUT2D eigenvalue weighted by atomic mass is 127. The van der Waals surface area contributed by atoms with Gasteiger partial charge in [-0.3, -0.25) is 4.99 Å². The van der Waals surface area contributed by atoms with Crippen LogP contribution in [0.3, 0.4) is 0 Å². The van der Waals surface area contributed by atoms with Crippen molar-refractivity contribution >= 4 is 29.9 Å². The Kier molecular flexibility index (Phi) is 8.12. The summed E-state index contributed by atoms with van der Waals surface area (Å²) in [5, 5.41) is 6.75. The van der Waals surface area contributed by atoms with Crippen LogP contribution in [0.25, 0.3) is 0 Å². The Hall–Kier alpha value is -1.18. The molecule has 1 aliphatic heterocycles. The van der Waals surface area contributed by atoms with Gasteiger partial charge < -0.3 is 20.1 Å². The molecular formula is C18H30IN3O2. The topological polar surface area (TPSA) is 54.9 Å². The monoisotopic (exact) mass is 447 g/mol. The minimum Gasteiger partial charge on any atom is -0.486 e. The quantitative estimate of drug-likeness (QED) is 0.414. The molecule has 24 heavy (non-hydrogen) atoms. The Labute approximate surface area is 162 Å². The van der Waals surface area contributed by atoms with E-state index >= 15 is 0 Å². The first-order chi connectivity index (χ1) is 10.9. The smallest absolute Gasteiger partial charge is 0.191 e. The number of hydrogen-bond donors (Lipinski definition) is 2. The van der Waals surface area contributed by atoms with Crippen molar-refractivity contribution in [2.45, 2.75) is 33.1 Å². The Morgan fingerprint density at radius 1 is 1.17 bits per heavy atom. The third-order valence-corrected chi connectivity index (χ3v) is 3.92. The van der Waals surface area contributed by atoms with Crippen molar-refractivity contribution in [3.8, 4) is 11.5 Å². The normalized spacial score (nSPS) is 14.2. The molecule has 1 aromatic rings. The first-order valence-corrected chi connectivity index (χ1v) is 8.27. The largest absolute Gasteiger partial charge is 0.486 e. The van der Waals surface area contributed by atoms with E-state index in [1.807, 2.05) is 6.07 Å². The van der Waals surface area contributed by atoms with E-state index in [1.54, 1.807) is 7.05 Å². The van der Waals surface area contributed by atoms with Crippen LogP contribution >= 0.6 is 24.0 Å². The van der Waals surface area contributed by atoms with Crippen LogP contribution in [0.2, 0.25) is 0 Å². The Morgan fingerprint density at radius 2 is 1.83 bits per heavy atom. The molecule has 0 atom stereocenters. The van der Waals surface area contributed by atoms with Crippen LogP contribution in [-0.2, 0) is 5.41 Å². The van der Waals surface area contributed by atoms with E-state index in [-0.39, 0.29) is 29.4 Å². The van der Waals surface area contributed by atoms with Gasteiger partial charge in [-0.1, -0.05) is 33.8 Å². The van der Waals surface area contributed by atoms with Gasteiger partial charge in [-0.25, -0.2) is 0 Å². The summed E-state index contributed by atoms with van der Waals surface area (Å²) in [5.41, 5.74) is 1.17. The van der Waals surface area contributed by atoms with Crippen molar-refractivity contribution in [2.75, 3.05) is 33.4 Å². The zero-order valence-electron chi connectivity index (χ0n) is 15.3. The Bertz CT molecular complexity index is 559. The molecule has 0 fully saturated rings. The van der Waals surface area contributed by atoms with Gasteiger partial charge in [0.05, 0.1) is 0 Å². The van der Waals surface area contributed by atoms with Crippen LogP contribution in [0.4, 0.5) is 0 Å². The van der Waals surface area contributed by atoms with Gasteiger partial charge in [-0.15, -0.1) is 24.0 Å². The fourth-order valence-corrected chi connectivity index (χ4v) is 2.39. The highest BCUT2D eigenvalue weighted by molar-refractivity contribution is 14.0. The second-order valence-corrected chi connectivity index (χ2v) is 6.94. The molecule has 1 heterocycles. The van der Waals surface area contributed by atoms with E-state index in [0.29, 0.717) is 19.1 Å². The molecule has 0 unspecified atom stereocenters. The highest BCUT2D eigenvalue weighted by Crippen LogP contribution is 2.34. The van der Waals surface area contributed by atoms with Gasteiger partial charge in [0.25, 0.3) is 0 Å². The Morgan fingerprint density at radius 3 is 2.46 bits per heavy atom. The average Bonchev–Trinajstić information content (AvgIpc) is 2.54. The van der Waals surface area contributed by atoms with Gasteiger partial charge in [-0.2, -0.15) is 0 Å². The molecule has 0 aromatic heterocycles. The molecule has 0 saturated carbocycles. The number of nitrogens with one attached hydrogen (secondary N) is 2. The number of halogens is 1. The van der Waals surface area contributed by atoms with Crippen LogP contribution in [0.5, 0.6) is 11.5 Å². The van der Waals surface area contributed by atoms with Gasteiger partial charge in [0.1, 0.15) is 13.2 Å². The van der Waals surface area contributed by atoms with Crippen molar-refractivity contribution in [1.82, 2.24) is 10.6 Å². The molecule has 0 saturated heterocycles. The van der Waals surface area contributed by atoms with Gasteiger partial charge in [-0.05, 0) is 23.6 Å². The third-order valence-electron chi connectivity index (χ3n) is 3.92. The van der Waals surface area contributed by atoms with Crippen LogP contribution in [-0.4, -0.2) is 39.3 Å². The lowest BCUT2D eigenvalue weighted by Gasteiger charge is -2.28. The van der Waals surface area contributed by atoms with Crippen LogP contribution in [0, 0.1) is 5.92 Å². The number of hydrogen-bond acceptors (Lipinski definition) is 3. The molecule has 0 radical (unpaired) electrons. The van der Waals surface area contributed by atoms with Crippen molar-refractivity contribution in [3.05, 3.63) is 23.8 Å². The molecule has 0 amide bonds. The summed E-state index contributed by atoms with van der Waals surface area (Å²) >= 11 is 0. The highest BCUT2D eigenvalue weighted by Gasteiger charge is 2.23. The molecule has 0 aliphatic carbocycles. The summed E-state index contributed by atoms with van der Waals surface area (Å²) in [7, 11) is 1.80. The van der Waals surface area contributed by atoms with Crippen LogP contribution in [0.15, 0.2) is 23.2 Å². The number of nitrogens with zero attached hydrogens (tertiary/aromatic N) is 1. The van der Waals surface area contributed by atoms with Gasteiger partial charge in [0.2, 0.25) is 0 Å². The van der Waals surface area contributed by atoms with Crippen molar-refractivity contribution in [2.24, 2.45) is 10.9 Å². The maximum atomic E-state index is 5.69. The van der Waals surface area contributed by atoms with Gasteiger partial charge in [0.15, 0.2) is 17.5 Å². The number of guanidine groups is 1. The van der Waals surface area contributed by atoms with E-state index in [4.69, 9.17) is 9.47 Å². The summed E-state index contributed by atoms with van der Waals surface area (Å²) in [6, 6.07) is 6.19. The molecule has 0 spiro atoms. The predicted molar refractivity (Wildman–Crippen MR) is 110 cm³/mol. The van der Waals surface area contributed by atoms with Crippen molar-refractivity contribution < 1.29 is 9.47 Å². The lowest BCUT2D eigenvalue weighted by atomic mass is 9.84. The average molecular weight is 447 g/mol. The SMILES string of the molecule is CN=C(NCC(C)C)NCC(C)(C)c1ccc2c(c1)OCCO2.I. The maximum absolute atomic E-state index is 5.69. The minimum absolute atomic E-state index is 0. The van der Waals surface area contributed by atoms with E-state index in [2.05, 4.69) is 55.5 Å². The van der Waals surface area contributed by atoms with Crippen LogP contribution < -0.4 is 20.1 Å². The summed E-state index contributed by atoms with van der Waals surface area (Å²) in [5.74, 6) is 3.09. The van der Waals surface area contributed by atoms with Gasteiger partial charge in [0, 0.05) is 25.6 Å². The minimum atomic E-state index is -0.0503. The number of fused-ring (bicyclic) bond motifs is 1. The van der Waals surface area contributed by atoms with E-state index in [0.717, 1.165) is 30.5 Å². The first-order valence-electron chi connectivity index (χ1n) is 8.27. The lowest BCUT2D eigenvalue weighted by molar-refractivity contribution is 0.171. The molecule has 6 heteroatoms. The Balaban J connectivity index is 0.00000288. The second kappa shape index (κ2) is 9.34. The fourth-order valence-electron chi connectivity index (χ4n) is 2.39. The number of rotatable bonds is 5. The maximum Gasteiger partial charge on any atom is 0.191 e. The molecule has 136 valence electrons. The first kappa shape index (κ1) is 20.9.